The number of rotatable bonds is 4. The van der Waals surface area contributed by atoms with E-state index in [0.29, 0.717) is 57.3 Å². The number of nitrogens with one attached hydrogen (secondary N) is 2. The molecule has 1 aromatic rings. The van der Waals surface area contributed by atoms with Crippen molar-refractivity contribution in [2.75, 3.05) is 18.0 Å². The fourth-order valence-corrected chi connectivity index (χ4v) is 4.91. The van der Waals surface area contributed by atoms with E-state index in [9.17, 15) is 19.5 Å². The van der Waals surface area contributed by atoms with Gasteiger partial charge in [-0.05, 0) is 32.1 Å². The van der Waals surface area contributed by atoms with Gasteiger partial charge in [0.2, 0.25) is 0 Å². The van der Waals surface area contributed by atoms with E-state index in [1.165, 1.54) is 6.20 Å². The van der Waals surface area contributed by atoms with Gasteiger partial charge in [0, 0.05) is 18.5 Å². The minimum absolute atomic E-state index is 0.0657. The van der Waals surface area contributed by atoms with E-state index in [1.54, 1.807) is 0 Å². The molecular weight excluding hydrogens is 376 g/mol. The molecule has 27 heavy (non-hydrogen) atoms. The first-order valence-corrected chi connectivity index (χ1v) is 9.41. The zero-order valence-electron chi connectivity index (χ0n) is 14.7. The zero-order valence-corrected chi connectivity index (χ0v) is 15.4. The van der Waals surface area contributed by atoms with Gasteiger partial charge in [0.1, 0.15) is 11.1 Å². The highest BCUT2D eigenvalue weighted by Gasteiger charge is 2.59. The van der Waals surface area contributed by atoms with Crippen LogP contribution in [-0.4, -0.2) is 52.1 Å². The summed E-state index contributed by atoms with van der Waals surface area (Å²) in [7, 11) is 0. The van der Waals surface area contributed by atoms with Crippen molar-refractivity contribution >= 4 is 29.4 Å². The average Bonchev–Trinajstić information content (AvgIpc) is 3.31. The first kappa shape index (κ1) is 18.1. The van der Waals surface area contributed by atoms with Crippen molar-refractivity contribution in [3.05, 3.63) is 21.6 Å². The molecule has 0 spiro atoms. The Morgan fingerprint density at radius 2 is 2.11 bits per heavy atom. The highest BCUT2D eigenvalue weighted by Crippen LogP contribution is 2.56. The number of aliphatic carboxylic acids is 1. The van der Waals surface area contributed by atoms with Crippen LogP contribution in [0.1, 0.15) is 38.5 Å². The second-order valence-electron chi connectivity index (χ2n) is 7.83. The molecule has 1 aromatic heterocycles. The van der Waals surface area contributed by atoms with E-state index < -0.39 is 28.6 Å². The summed E-state index contributed by atoms with van der Waals surface area (Å²) in [5, 5.41) is 18.5. The van der Waals surface area contributed by atoms with Crippen LogP contribution in [0.25, 0.3) is 0 Å². The normalized spacial score (nSPS) is 31.9. The number of carbonyl (C=O) groups is 2. The van der Waals surface area contributed by atoms with Crippen molar-refractivity contribution in [1.82, 2.24) is 15.5 Å². The predicted molar refractivity (Wildman–Crippen MR) is 96.0 cm³/mol. The van der Waals surface area contributed by atoms with Crippen molar-refractivity contribution in [2.45, 2.75) is 50.2 Å². The summed E-state index contributed by atoms with van der Waals surface area (Å²) in [6.07, 6.45) is 4.23. The van der Waals surface area contributed by atoms with E-state index in [4.69, 9.17) is 16.3 Å². The maximum atomic E-state index is 12.4. The van der Waals surface area contributed by atoms with Gasteiger partial charge >= 0.3 is 12.1 Å². The molecule has 0 radical (unpaired) electrons. The highest BCUT2D eigenvalue weighted by molar-refractivity contribution is 6.33. The number of fused-ring (bicyclic) bond motifs is 2. The molecule has 1 aliphatic heterocycles. The van der Waals surface area contributed by atoms with Crippen LogP contribution in [-0.2, 0) is 9.53 Å². The van der Waals surface area contributed by atoms with Gasteiger partial charge in [-0.15, -0.1) is 0 Å². The fraction of sp³-hybridized carbons (Fsp3) is 0.647. The molecule has 0 aromatic carbocycles. The highest BCUT2D eigenvalue weighted by atomic mass is 35.5. The maximum absolute atomic E-state index is 12.4. The summed E-state index contributed by atoms with van der Waals surface area (Å²) >= 11 is 6.03. The average molecular weight is 397 g/mol. The van der Waals surface area contributed by atoms with E-state index >= 15 is 0 Å². The summed E-state index contributed by atoms with van der Waals surface area (Å²) in [5.74, 6) is -0.771. The Kier molecular flexibility index (Phi) is 4.29. The lowest BCUT2D eigenvalue weighted by molar-refractivity contribution is -0.148. The Hall–Kier alpha value is -2.29. The predicted octanol–water partition coefficient (Wildman–Crippen LogP) is 1.52. The van der Waals surface area contributed by atoms with Crippen molar-refractivity contribution in [3.8, 4) is 0 Å². The largest absolute Gasteiger partial charge is 0.481 e. The van der Waals surface area contributed by atoms with E-state index in [1.807, 2.05) is 4.90 Å². The number of ether oxygens (including phenoxy) is 1. The number of halogens is 1. The topological polar surface area (TPSA) is 125 Å². The lowest BCUT2D eigenvalue weighted by Gasteiger charge is -2.28. The van der Waals surface area contributed by atoms with Crippen LogP contribution in [0.5, 0.6) is 0 Å². The van der Waals surface area contributed by atoms with Gasteiger partial charge < -0.3 is 20.1 Å². The number of anilines is 1. The standard InChI is InChI=1S/C17H21ClN4O5/c18-12-11(7-19-21-13(12)23)22-6-1-10(8-22)27-15(26)20-17-4-2-16(9-17,3-5-17)14(24)25/h7,10H,1-6,8-9H2,(H,20,26)(H,21,23)(H,24,25). The second-order valence-corrected chi connectivity index (χ2v) is 8.21. The lowest BCUT2D eigenvalue weighted by atomic mass is 9.84. The van der Waals surface area contributed by atoms with Crippen molar-refractivity contribution in [2.24, 2.45) is 5.41 Å². The summed E-state index contributed by atoms with van der Waals surface area (Å²) in [5.41, 5.74) is -1.10. The number of carboxylic acid groups (broad SMARTS) is 1. The molecule has 1 atom stereocenters. The number of amides is 1. The molecule has 2 heterocycles. The molecule has 2 aliphatic carbocycles. The van der Waals surface area contributed by atoms with Crippen molar-refractivity contribution in [3.63, 3.8) is 0 Å². The Labute approximate surface area is 160 Å². The van der Waals surface area contributed by atoms with Gasteiger partial charge in [-0.3, -0.25) is 9.59 Å². The monoisotopic (exact) mass is 396 g/mol. The third kappa shape index (κ3) is 3.13. The molecule has 9 nitrogen and oxygen atoms in total. The van der Waals surface area contributed by atoms with Crippen LogP contribution < -0.4 is 15.8 Å². The maximum Gasteiger partial charge on any atom is 0.407 e. The molecule has 2 bridgehead atoms. The fourth-order valence-electron chi connectivity index (χ4n) is 4.70. The molecule has 1 amide bonds. The summed E-state index contributed by atoms with van der Waals surface area (Å²) in [6, 6.07) is 0. The SMILES string of the molecule is O=C(NC12CCC(C(=O)O)(CC1)C2)OC1CCN(c2cn[nH]c(=O)c2Cl)C1. The Bertz CT molecular complexity index is 833. The Morgan fingerprint density at radius 3 is 2.78 bits per heavy atom. The number of carbonyl (C=O) groups excluding carboxylic acids is 1. The molecule has 1 saturated heterocycles. The van der Waals surface area contributed by atoms with Gasteiger partial charge in [0.05, 0.1) is 23.8 Å². The van der Waals surface area contributed by atoms with Crippen molar-refractivity contribution in [1.29, 1.82) is 0 Å². The first-order valence-electron chi connectivity index (χ1n) is 9.03. The Balaban J connectivity index is 1.34. The van der Waals surface area contributed by atoms with Gasteiger partial charge in [-0.1, -0.05) is 11.6 Å². The van der Waals surface area contributed by atoms with Gasteiger partial charge in [0.15, 0.2) is 0 Å². The Morgan fingerprint density at radius 1 is 1.37 bits per heavy atom. The van der Waals surface area contributed by atoms with Gasteiger partial charge in [0.25, 0.3) is 5.56 Å². The van der Waals surface area contributed by atoms with Crippen LogP contribution in [0, 0.1) is 5.41 Å². The first-order chi connectivity index (χ1) is 12.8. The van der Waals surface area contributed by atoms with E-state index in [-0.39, 0.29) is 11.1 Å². The summed E-state index contributed by atoms with van der Waals surface area (Å²) < 4.78 is 5.55. The van der Waals surface area contributed by atoms with Gasteiger partial charge in [-0.25, -0.2) is 9.89 Å². The molecule has 10 heteroatoms. The number of carboxylic acids is 1. The molecule has 4 rings (SSSR count). The van der Waals surface area contributed by atoms with E-state index in [0.717, 1.165) is 0 Å². The third-order valence-corrected chi connectivity index (χ3v) is 6.56. The minimum Gasteiger partial charge on any atom is -0.481 e. The smallest absolute Gasteiger partial charge is 0.407 e. The third-order valence-electron chi connectivity index (χ3n) is 6.20. The molecule has 3 fully saturated rings. The molecule has 146 valence electrons. The molecule has 2 saturated carbocycles. The number of H-pyrrole nitrogens is 1. The second kappa shape index (κ2) is 6.40. The minimum atomic E-state index is -0.771. The summed E-state index contributed by atoms with van der Waals surface area (Å²) in [6.45, 7) is 1.01. The van der Waals surface area contributed by atoms with Crippen LogP contribution >= 0.6 is 11.6 Å². The van der Waals surface area contributed by atoms with Crippen LogP contribution in [0.3, 0.4) is 0 Å². The quantitative estimate of drug-likeness (QED) is 0.704. The molecule has 1 unspecified atom stereocenters. The number of hydrogen-bond acceptors (Lipinski definition) is 6. The summed E-state index contributed by atoms with van der Waals surface area (Å²) in [4.78, 5) is 37.3. The number of alkyl carbamates (subject to hydrolysis) is 1. The van der Waals surface area contributed by atoms with E-state index in [2.05, 4.69) is 15.5 Å². The molecule has 3 aliphatic rings. The lowest BCUT2D eigenvalue weighted by Crippen LogP contribution is -2.46. The molecular formula is C17H21ClN4O5. The zero-order chi connectivity index (χ0) is 19.2. The van der Waals surface area contributed by atoms with Crippen LogP contribution in [0.15, 0.2) is 11.0 Å². The number of nitrogens with zero attached hydrogens (tertiary/aromatic N) is 2. The number of aromatic amines is 1. The number of aromatic nitrogens is 2. The van der Waals surface area contributed by atoms with Gasteiger partial charge in [-0.2, -0.15) is 5.10 Å². The number of hydrogen-bond donors (Lipinski definition) is 3. The molecule has 3 N–H and O–H groups in total. The van der Waals surface area contributed by atoms with Crippen molar-refractivity contribution < 1.29 is 19.4 Å². The van der Waals surface area contributed by atoms with Crippen LogP contribution in [0.4, 0.5) is 10.5 Å². The van der Waals surface area contributed by atoms with Crippen LogP contribution in [0.2, 0.25) is 5.02 Å².